The lowest BCUT2D eigenvalue weighted by Gasteiger charge is -2.06. The predicted molar refractivity (Wildman–Crippen MR) is 511 cm³/mol. The van der Waals surface area contributed by atoms with E-state index in [1.54, 1.807) is 79.7 Å². The van der Waals surface area contributed by atoms with E-state index in [0.717, 1.165) is 168 Å². The van der Waals surface area contributed by atoms with E-state index in [9.17, 15) is 57.5 Å². The van der Waals surface area contributed by atoms with Gasteiger partial charge in [0.15, 0.2) is 11.5 Å². The van der Waals surface area contributed by atoms with Crippen molar-refractivity contribution in [2.24, 2.45) is 5.73 Å². The van der Waals surface area contributed by atoms with E-state index in [2.05, 4.69) is 81.0 Å². The number of nitrogens with two attached hydrogens (primary N) is 1. The predicted octanol–water partition coefficient (Wildman–Crippen LogP) is 19.8. The monoisotopic (exact) mass is 1760 g/mol. The second-order valence-corrected chi connectivity index (χ2v) is 29.3. The quantitative estimate of drug-likeness (QED) is 0.0149. The molecule has 0 saturated heterocycles. The van der Waals surface area contributed by atoms with Crippen LogP contribution in [0.4, 0.5) is 11.4 Å². The van der Waals surface area contributed by atoms with Gasteiger partial charge in [0, 0.05) is 142 Å². The number of primary amides is 1. The first-order chi connectivity index (χ1) is 64.2. The van der Waals surface area contributed by atoms with Crippen molar-refractivity contribution in [3.63, 3.8) is 0 Å². The third-order valence-corrected chi connectivity index (χ3v) is 19.5. The summed E-state index contributed by atoms with van der Waals surface area (Å²) in [4.78, 5) is 163. The summed E-state index contributed by atoms with van der Waals surface area (Å²) < 4.78 is 4.66. The molecule has 0 saturated carbocycles. The summed E-state index contributed by atoms with van der Waals surface area (Å²) in [6.45, 7) is 12.0. The fraction of sp³-hybridized carbons (Fsp3) is 0.167. The van der Waals surface area contributed by atoms with Gasteiger partial charge in [-0.2, -0.15) is 0 Å². The first-order valence-electron chi connectivity index (χ1n) is 42.4. The number of esters is 1. The third-order valence-electron chi connectivity index (χ3n) is 19.5. The summed E-state index contributed by atoms with van der Waals surface area (Å²) >= 11 is 0. The largest absolute Gasteiger partial charge is 0.478 e. The zero-order chi connectivity index (χ0) is 94.6. The number of methoxy groups -OCH3 is 1. The van der Waals surface area contributed by atoms with Crippen LogP contribution in [-0.2, 0) is 88.0 Å². The second-order valence-electron chi connectivity index (χ2n) is 29.3. The molecule has 0 aliphatic rings. The number of ether oxygens (including phenoxy) is 1. The number of carbonyl (C=O) groups is 12. The topological polar surface area (TPSA) is 367 Å². The van der Waals surface area contributed by atoms with Crippen molar-refractivity contribution in [3.8, 4) is 78.8 Å². The molecule has 24 nitrogen and oxygen atoms in total. The van der Waals surface area contributed by atoms with Crippen molar-refractivity contribution in [3.05, 3.63) is 376 Å². The fourth-order valence-corrected chi connectivity index (χ4v) is 12.6. The van der Waals surface area contributed by atoms with Gasteiger partial charge in [0.05, 0.1) is 64.7 Å². The summed E-state index contributed by atoms with van der Waals surface area (Å²) in [5, 5.41) is 11.6. The molecule has 7 aromatic heterocycles. The molecule has 14 aromatic rings. The molecule has 132 heavy (non-hydrogen) atoms. The minimum absolute atomic E-state index is 0.0549. The van der Waals surface area contributed by atoms with Crippen LogP contribution < -0.4 is 11.1 Å². The molecule has 24 heteroatoms. The van der Waals surface area contributed by atoms with Gasteiger partial charge >= 0.3 is 11.9 Å². The number of hydrogen-bond donors (Lipinski definition) is 3. The number of nitrogens with zero attached hydrogens (tertiary/aromatic N) is 8. The van der Waals surface area contributed by atoms with Gasteiger partial charge < -0.3 is 54.5 Å². The number of aryl methyl sites for hydroxylation is 8. The Balaban J connectivity index is 0.000000190. The van der Waals surface area contributed by atoms with Crippen LogP contribution in [0.2, 0.25) is 0 Å². The van der Waals surface area contributed by atoms with Gasteiger partial charge in [0.2, 0.25) is 11.8 Å². The van der Waals surface area contributed by atoms with Crippen molar-refractivity contribution in [1.82, 2.24) is 34.9 Å². The van der Waals surface area contributed by atoms with Crippen molar-refractivity contribution >= 4 is 84.9 Å². The Morgan fingerprint density at radius 1 is 0.326 bits per heavy atom. The van der Waals surface area contributed by atoms with E-state index in [1.165, 1.54) is 19.6 Å². The van der Waals surface area contributed by atoms with Gasteiger partial charge in [0.25, 0.3) is 0 Å². The maximum atomic E-state index is 11.4. The van der Waals surface area contributed by atoms with Crippen molar-refractivity contribution in [2.75, 3.05) is 12.4 Å². The molecule has 0 unspecified atom stereocenters. The molecular formula is C108H100N10O14. The molecule has 7 heterocycles. The lowest BCUT2D eigenvalue weighted by Crippen LogP contribution is -2.10. The Morgan fingerprint density at radius 3 is 0.773 bits per heavy atom. The zero-order valence-corrected chi connectivity index (χ0v) is 73.6. The number of benzene rings is 7. The molecule has 0 radical (unpaired) electrons. The van der Waals surface area contributed by atoms with Gasteiger partial charge in [-0.1, -0.05) is 169 Å². The number of aromatic nitrogens is 7. The van der Waals surface area contributed by atoms with Crippen LogP contribution in [0.15, 0.2) is 297 Å². The van der Waals surface area contributed by atoms with Gasteiger partial charge in [-0.05, 0) is 198 Å². The minimum Gasteiger partial charge on any atom is -0.478 e. The lowest BCUT2D eigenvalue weighted by molar-refractivity contribution is -0.114. The van der Waals surface area contributed by atoms with E-state index < -0.39 is 11.9 Å². The molecule has 0 fully saturated rings. The lowest BCUT2D eigenvalue weighted by atomic mass is 10.1. The highest BCUT2D eigenvalue weighted by Crippen LogP contribution is 2.27. The van der Waals surface area contributed by atoms with Gasteiger partial charge in [-0.3, -0.25) is 49.3 Å². The minimum atomic E-state index is -0.945. The zero-order valence-electron chi connectivity index (χ0n) is 73.6. The smallest absolute Gasteiger partial charge is 0.337 e. The van der Waals surface area contributed by atoms with Crippen LogP contribution in [0, 0.1) is 13.5 Å². The van der Waals surface area contributed by atoms with Crippen molar-refractivity contribution in [1.29, 1.82) is 0 Å². The number of pyridine rings is 7. The van der Waals surface area contributed by atoms with Crippen LogP contribution >= 0.6 is 0 Å². The summed E-state index contributed by atoms with van der Waals surface area (Å²) in [7, 11) is 1.36. The number of aldehydes is 7. The highest BCUT2D eigenvalue weighted by Gasteiger charge is 2.13. The fourth-order valence-electron chi connectivity index (χ4n) is 12.6. The molecule has 4 N–H and O–H groups in total. The number of amides is 2. The molecule has 666 valence electrons. The molecule has 0 bridgehead atoms. The number of carboxylic acid groups (broad SMARTS) is 1. The van der Waals surface area contributed by atoms with Gasteiger partial charge in [-0.25, -0.2) is 14.4 Å². The van der Waals surface area contributed by atoms with E-state index in [-0.39, 0.29) is 23.2 Å². The third kappa shape index (κ3) is 34.6. The summed E-state index contributed by atoms with van der Waals surface area (Å²) in [6.07, 6.45) is 14.2. The van der Waals surface area contributed by atoms with Gasteiger partial charge in [-0.15, -0.1) is 0 Å². The second kappa shape index (κ2) is 55.7. The number of carbonyl (C=O) groups excluding carboxylic acids is 11. The van der Waals surface area contributed by atoms with Gasteiger partial charge in [0.1, 0.15) is 44.0 Å². The number of Topliss-reactive ketones (excluding diaryl/α,β-unsaturated/α-hetero) is 1. The molecular weight excluding hydrogens is 1660 g/mol. The number of aromatic carboxylic acids is 1. The van der Waals surface area contributed by atoms with E-state index >= 15 is 0 Å². The normalized spacial score (nSPS) is 10.1. The number of ketones is 1. The van der Waals surface area contributed by atoms with E-state index in [0.29, 0.717) is 112 Å². The summed E-state index contributed by atoms with van der Waals surface area (Å²) in [5.41, 5.74) is 28.8. The molecule has 7 aromatic carbocycles. The average Bonchev–Trinajstić information content (AvgIpc) is 0.774. The SMILES string of the molecule is CC(=O)Nc1ccc(-c2cccc(CCC=O)n2)cc1.CC(=O)c1ccc(-c2cccc(CCC=O)n2)cc1.COC(=O)c1ccc(-c2cccc(CCC=O)n2)cc1.Cc1ccc(-c2cccc(CCC=O)n2)cc1.NC(=O)c1ccc(-c2cccc(CCC=O)n2)cc1.O=CCCc1cccc(-c2ccc(C(=O)O)cc2)n1.[C-]#[N+]c1ccc(-c2cccc(CCC=O)n2)cc1. The standard InChI is InChI=1S/C16H16N2O2.C16H15NO3.C16H15NO2.C15H14N2O2.C15H12N2O.C15H13NO3.C15H15NO/c1-12(20)17-15-9-7-13(8-10-15)16-6-2-4-14(18-16)5-3-11-19;1-20-16(19)13-9-7-12(8-10-13)15-6-2-4-14(17-15)5-3-11-18;1-12(19)13-7-9-14(10-8-13)16-6-2-4-15(17-16)5-3-11-18;16-15(19)12-8-6-11(7-9-12)14-5-1-3-13(17-14)4-2-10-18;1-16-13-9-7-12(8-10-13)15-6-2-4-14(17-15)5-3-11-18;17-10-2-4-13-3-1-5-14(16-13)11-6-8-12(9-7-11)15(18)19;1-12-7-9-13(10-8-12)15-6-2-4-14(16-15)5-3-11-17/h2,4,6-11H,3,5H2,1H3,(H,17,20);2,4,6-11H,3,5H2,1H3;2,4,6-11H,3,5H2,1H3;1,3,5-10H,2,4H2,(H2,16,19);2,4,6-11H,3,5H2;1,3,5-10H,2,4H2,(H,18,19);2,4,6-11H,3,5H2,1H3. The van der Waals surface area contributed by atoms with Crippen molar-refractivity contribution in [2.45, 2.75) is 111 Å². The van der Waals surface area contributed by atoms with Crippen molar-refractivity contribution < 1.29 is 67.4 Å². The average molecular weight is 1760 g/mol. The first-order valence-corrected chi connectivity index (χ1v) is 42.4. The maximum Gasteiger partial charge on any atom is 0.337 e. The molecule has 0 aliphatic carbocycles. The van der Waals surface area contributed by atoms with Crippen LogP contribution in [-0.4, -0.2) is 121 Å². The molecule has 0 aliphatic heterocycles. The number of nitrogens with one attached hydrogen (secondary N) is 1. The first kappa shape index (κ1) is 101. The van der Waals surface area contributed by atoms with Crippen LogP contribution in [0.3, 0.4) is 0 Å². The van der Waals surface area contributed by atoms with E-state index in [1.807, 2.05) is 200 Å². The van der Waals surface area contributed by atoms with E-state index in [4.69, 9.17) is 17.4 Å². The molecule has 14 rings (SSSR count). The molecule has 0 atom stereocenters. The molecule has 2 amide bonds. The summed E-state index contributed by atoms with van der Waals surface area (Å²) in [6, 6.07) is 91.5. The van der Waals surface area contributed by atoms with Crippen LogP contribution in [0.5, 0.6) is 0 Å². The Labute approximate surface area is 766 Å². The Morgan fingerprint density at radius 2 is 0.553 bits per heavy atom. The number of carboxylic acids is 1. The maximum absolute atomic E-state index is 11.4. The summed E-state index contributed by atoms with van der Waals surface area (Å²) in [5.74, 6) is -1.78. The Hall–Kier alpha value is -16.7. The Kier molecular flexibility index (Phi) is 42.5. The van der Waals surface area contributed by atoms with Crippen LogP contribution in [0.25, 0.3) is 83.6 Å². The number of rotatable bonds is 33. The van der Waals surface area contributed by atoms with Crippen LogP contribution in [0.1, 0.15) is 146 Å². The number of hydrogen-bond acceptors (Lipinski definition) is 20. The molecule has 0 spiro atoms. The Bertz CT molecular complexity index is 5930. The highest BCUT2D eigenvalue weighted by atomic mass is 16.5. The highest BCUT2D eigenvalue weighted by molar-refractivity contribution is 5.95. The number of anilines is 1.